The van der Waals surface area contributed by atoms with Gasteiger partial charge in [0.15, 0.2) is 11.5 Å². The third kappa shape index (κ3) is 1.90. The van der Waals surface area contributed by atoms with E-state index < -0.39 is 0 Å². The van der Waals surface area contributed by atoms with Crippen LogP contribution in [0.2, 0.25) is 0 Å². The van der Waals surface area contributed by atoms with E-state index in [2.05, 4.69) is 12.2 Å². The van der Waals surface area contributed by atoms with Crippen LogP contribution in [0.1, 0.15) is 29.9 Å². The summed E-state index contributed by atoms with van der Waals surface area (Å²) in [5.41, 5.74) is 9.25. The van der Waals surface area contributed by atoms with Crippen molar-refractivity contribution < 1.29 is 9.47 Å². The molecule has 98 valence electrons. The lowest BCUT2D eigenvalue weighted by molar-refractivity contribution is 0.169. The minimum atomic E-state index is 0.558. The van der Waals surface area contributed by atoms with Gasteiger partial charge in [-0.15, -0.1) is 0 Å². The summed E-state index contributed by atoms with van der Waals surface area (Å²) in [4.78, 5) is 0. The molecule has 1 aromatic carbocycles. The monoisotopic (exact) mass is 248 g/mol. The standard InChI is InChI=1S/C14H20N2O2/c1-9-8-11(15)13-14(18-7-6-17-13)12(9)10-2-4-16-5-3-10/h8,10,16H,2-7,15H2,1H3. The van der Waals surface area contributed by atoms with Crippen LogP contribution >= 0.6 is 0 Å². The van der Waals surface area contributed by atoms with Crippen LogP contribution in [0.4, 0.5) is 5.69 Å². The lowest BCUT2D eigenvalue weighted by Gasteiger charge is -2.30. The van der Waals surface area contributed by atoms with Crippen LogP contribution in [-0.4, -0.2) is 26.3 Å². The van der Waals surface area contributed by atoms with Gasteiger partial charge in [0.25, 0.3) is 0 Å². The molecule has 3 N–H and O–H groups in total. The second kappa shape index (κ2) is 4.69. The molecule has 0 bridgehead atoms. The molecule has 0 atom stereocenters. The van der Waals surface area contributed by atoms with Gasteiger partial charge in [-0.25, -0.2) is 0 Å². The van der Waals surface area contributed by atoms with Gasteiger partial charge < -0.3 is 20.5 Å². The molecule has 3 rings (SSSR count). The minimum Gasteiger partial charge on any atom is -0.486 e. The van der Waals surface area contributed by atoms with Crippen molar-refractivity contribution >= 4 is 5.69 Å². The van der Waals surface area contributed by atoms with Crippen molar-refractivity contribution in [2.24, 2.45) is 0 Å². The Labute approximate surface area is 107 Å². The van der Waals surface area contributed by atoms with Crippen LogP contribution in [0.3, 0.4) is 0 Å². The summed E-state index contributed by atoms with van der Waals surface area (Å²) in [5.74, 6) is 2.20. The van der Waals surface area contributed by atoms with Gasteiger partial charge in [-0.2, -0.15) is 0 Å². The van der Waals surface area contributed by atoms with Crippen molar-refractivity contribution in [3.05, 3.63) is 17.2 Å². The first-order valence-electron chi connectivity index (χ1n) is 6.66. The summed E-state index contributed by atoms with van der Waals surface area (Å²) in [7, 11) is 0. The number of fused-ring (bicyclic) bond motifs is 1. The highest BCUT2D eigenvalue weighted by Gasteiger charge is 2.27. The molecule has 0 saturated carbocycles. The second-order valence-corrected chi connectivity index (χ2v) is 5.08. The lowest BCUT2D eigenvalue weighted by atomic mass is 9.86. The molecule has 0 amide bonds. The van der Waals surface area contributed by atoms with Crippen molar-refractivity contribution in [2.45, 2.75) is 25.7 Å². The largest absolute Gasteiger partial charge is 0.486 e. The fourth-order valence-corrected chi connectivity index (χ4v) is 3.01. The Balaban J connectivity index is 2.06. The molecule has 2 heterocycles. The maximum Gasteiger partial charge on any atom is 0.184 e. The minimum absolute atomic E-state index is 0.558. The number of benzene rings is 1. The van der Waals surface area contributed by atoms with E-state index in [-0.39, 0.29) is 0 Å². The van der Waals surface area contributed by atoms with Crippen LogP contribution in [0.15, 0.2) is 6.07 Å². The average Bonchev–Trinajstić information content (AvgIpc) is 2.40. The third-order valence-electron chi connectivity index (χ3n) is 3.83. The van der Waals surface area contributed by atoms with Crippen molar-refractivity contribution in [1.82, 2.24) is 5.32 Å². The van der Waals surface area contributed by atoms with Crippen LogP contribution in [0.5, 0.6) is 11.5 Å². The van der Waals surface area contributed by atoms with Crippen LogP contribution in [-0.2, 0) is 0 Å². The predicted molar refractivity (Wildman–Crippen MR) is 71.4 cm³/mol. The third-order valence-corrected chi connectivity index (χ3v) is 3.83. The Kier molecular flexibility index (Phi) is 3.04. The van der Waals surface area contributed by atoms with Gasteiger partial charge in [0.2, 0.25) is 0 Å². The van der Waals surface area contributed by atoms with Gasteiger partial charge in [0, 0.05) is 5.56 Å². The molecule has 0 aliphatic carbocycles. The summed E-state index contributed by atoms with van der Waals surface area (Å²) in [6.45, 7) is 5.47. The number of rotatable bonds is 1. The molecular weight excluding hydrogens is 228 g/mol. The van der Waals surface area contributed by atoms with E-state index in [0.717, 1.165) is 37.4 Å². The molecule has 0 radical (unpaired) electrons. The van der Waals surface area contributed by atoms with Gasteiger partial charge >= 0.3 is 0 Å². The van der Waals surface area contributed by atoms with Crippen molar-refractivity contribution in [3.63, 3.8) is 0 Å². The highest BCUT2D eigenvalue weighted by molar-refractivity contribution is 5.67. The Bertz CT molecular complexity index is 454. The van der Waals surface area contributed by atoms with Gasteiger partial charge in [-0.05, 0) is 50.4 Å². The summed E-state index contributed by atoms with van der Waals surface area (Å²) >= 11 is 0. The smallest absolute Gasteiger partial charge is 0.184 e. The van der Waals surface area contributed by atoms with E-state index in [0.29, 0.717) is 24.8 Å². The zero-order chi connectivity index (χ0) is 12.5. The number of hydrogen-bond donors (Lipinski definition) is 2. The topological polar surface area (TPSA) is 56.5 Å². The van der Waals surface area contributed by atoms with E-state index in [1.807, 2.05) is 6.07 Å². The molecule has 4 heteroatoms. The highest BCUT2D eigenvalue weighted by atomic mass is 16.6. The molecule has 18 heavy (non-hydrogen) atoms. The first-order valence-corrected chi connectivity index (χ1v) is 6.66. The number of nitrogens with two attached hydrogens (primary N) is 1. The molecule has 4 nitrogen and oxygen atoms in total. The first kappa shape index (κ1) is 11.7. The quantitative estimate of drug-likeness (QED) is 0.744. The summed E-state index contributed by atoms with van der Waals surface area (Å²) < 4.78 is 11.5. The Morgan fingerprint density at radius 1 is 1.17 bits per heavy atom. The number of ether oxygens (including phenoxy) is 2. The molecule has 1 aromatic rings. The maximum absolute atomic E-state index is 6.02. The average molecular weight is 248 g/mol. The van der Waals surface area contributed by atoms with E-state index in [9.17, 15) is 0 Å². The maximum atomic E-state index is 6.02. The Morgan fingerprint density at radius 3 is 2.56 bits per heavy atom. The normalized spacial score (nSPS) is 19.8. The predicted octanol–water partition coefficient (Wildman–Crippen LogP) is 1.82. The van der Waals surface area contributed by atoms with E-state index in [1.165, 1.54) is 11.1 Å². The van der Waals surface area contributed by atoms with Gasteiger partial charge in [0.05, 0.1) is 5.69 Å². The Hall–Kier alpha value is -1.42. The fourth-order valence-electron chi connectivity index (χ4n) is 3.01. The van der Waals surface area contributed by atoms with Crippen LogP contribution in [0.25, 0.3) is 0 Å². The van der Waals surface area contributed by atoms with Crippen LogP contribution < -0.4 is 20.5 Å². The molecule has 2 aliphatic heterocycles. The number of hydrogen-bond acceptors (Lipinski definition) is 4. The van der Waals surface area contributed by atoms with Gasteiger partial charge in [0.1, 0.15) is 13.2 Å². The first-order chi connectivity index (χ1) is 8.77. The number of piperidine rings is 1. The zero-order valence-electron chi connectivity index (χ0n) is 10.8. The molecule has 2 aliphatic rings. The Morgan fingerprint density at radius 2 is 1.83 bits per heavy atom. The molecule has 0 spiro atoms. The highest BCUT2D eigenvalue weighted by Crippen LogP contribution is 2.45. The number of nitrogen functional groups attached to an aromatic ring is 1. The zero-order valence-corrected chi connectivity index (χ0v) is 10.8. The molecule has 0 unspecified atom stereocenters. The summed E-state index contributed by atoms with van der Waals surface area (Å²) in [6.07, 6.45) is 2.31. The fraction of sp³-hybridized carbons (Fsp3) is 0.571. The number of aryl methyl sites for hydroxylation is 1. The second-order valence-electron chi connectivity index (χ2n) is 5.08. The molecule has 0 aromatic heterocycles. The molecule has 1 saturated heterocycles. The molecular formula is C14H20N2O2. The SMILES string of the molecule is Cc1cc(N)c2c(c1C1CCNCC1)OCCO2. The van der Waals surface area contributed by atoms with Crippen molar-refractivity contribution in [1.29, 1.82) is 0 Å². The van der Waals surface area contributed by atoms with Crippen molar-refractivity contribution in [3.8, 4) is 11.5 Å². The van der Waals surface area contributed by atoms with E-state index in [4.69, 9.17) is 15.2 Å². The number of nitrogens with one attached hydrogen (secondary N) is 1. The van der Waals surface area contributed by atoms with Crippen molar-refractivity contribution in [2.75, 3.05) is 32.0 Å². The van der Waals surface area contributed by atoms with E-state index >= 15 is 0 Å². The number of anilines is 1. The lowest BCUT2D eigenvalue weighted by Crippen LogP contribution is -2.28. The summed E-state index contributed by atoms with van der Waals surface area (Å²) in [5, 5.41) is 3.40. The summed E-state index contributed by atoms with van der Waals surface area (Å²) in [6, 6.07) is 2.02. The van der Waals surface area contributed by atoms with Crippen LogP contribution in [0, 0.1) is 6.92 Å². The molecule has 1 fully saturated rings. The van der Waals surface area contributed by atoms with Gasteiger partial charge in [-0.3, -0.25) is 0 Å². The van der Waals surface area contributed by atoms with E-state index in [1.54, 1.807) is 0 Å². The van der Waals surface area contributed by atoms with Gasteiger partial charge in [-0.1, -0.05) is 0 Å².